The Morgan fingerprint density at radius 3 is 2.20 bits per heavy atom. The molecule has 0 aliphatic carbocycles. The van der Waals surface area contributed by atoms with Crippen LogP contribution in [0.1, 0.15) is 18.1 Å². The maximum Gasteiger partial charge on any atom is 0.283 e. The zero-order chi connectivity index (χ0) is 21.1. The molecular formula is C25H22N2O2S. The summed E-state index contributed by atoms with van der Waals surface area (Å²) in [5, 5.41) is 3.27. The van der Waals surface area contributed by atoms with Crippen molar-refractivity contribution in [2.45, 2.75) is 25.2 Å². The first-order chi connectivity index (χ1) is 14.6. The van der Waals surface area contributed by atoms with Crippen LogP contribution in [0.15, 0.2) is 94.4 Å². The van der Waals surface area contributed by atoms with E-state index in [0.29, 0.717) is 16.3 Å². The van der Waals surface area contributed by atoms with Crippen LogP contribution in [0.2, 0.25) is 0 Å². The number of nitrogens with zero attached hydrogens (tertiary/aromatic N) is 1. The predicted octanol–water partition coefficient (Wildman–Crippen LogP) is 5.55. The third kappa shape index (κ3) is 3.89. The summed E-state index contributed by atoms with van der Waals surface area (Å²) in [6.45, 7) is 4.04. The van der Waals surface area contributed by atoms with Crippen molar-refractivity contribution in [2.24, 2.45) is 0 Å². The molecule has 0 fully saturated rings. The minimum absolute atomic E-state index is 0.311. The number of benzene rings is 3. The molecule has 0 aromatic heterocycles. The van der Waals surface area contributed by atoms with Gasteiger partial charge in [0.15, 0.2) is 0 Å². The number of para-hydroxylation sites is 1. The highest BCUT2D eigenvalue weighted by Crippen LogP contribution is 2.38. The lowest BCUT2D eigenvalue weighted by Crippen LogP contribution is -2.32. The molecule has 0 radical (unpaired) electrons. The topological polar surface area (TPSA) is 49.4 Å². The van der Waals surface area contributed by atoms with Gasteiger partial charge in [0.1, 0.15) is 10.6 Å². The maximum absolute atomic E-state index is 13.4. The number of amides is 2. The van der Waals surface area contributed by atoms with Gasteiger partial charge in [-0.3, -0.25) is 9.59 Å². The molecule has 1 heterocycles. The lowest BCUT2D eigenvalue weighted by atomic mass is 10.1. The third-order valence-electron chi connectivity index (χ3n) is 4.95. The van der Waals surface area contributed by atoms with Gasteiger partial charge in [0.2, 0.25) is 0 Å². The fourth-order valence-electron chi connectivity index (χ4n) is 3.33. The van der Waals surface area contributed by atoms with E-state index < -0.39 is 0 Å². The van der Waals surface area contributed by atoms with Crippen LogP contribution in [0.5, 0.6) is 0 Å². The van der Waals surface area contributed by atoms with E-state index in [-0.39, 0.29) is 11.8 Å². The second-order valence-electron chi connectivity index (χ2n) is 7.04. The number of thioether (sulfide) groups is 1. The molecule has 1 aliphatic heterocycles. The Hall–Kier alpha value is -3.31. The Labute approximate surface area is 180 Å². The highest BCUT2D eigenvalue weighted by atomic mass is 32.2. The van der Waals surface area contributed by atoms with Crippen LogP contribution in [-0.4, -0.2) is 11.8 Å². The Morgan fingerprint density at radius 2 is 1.50 bits per heavy atom. The first-order valence-corrected chi connectivity index (χ1v) is 10.7. The SMILES string of the molecule is CCc1ccccc1NC1=C(Sc2ccccc2)C(=O)N(c2ccc(C)cc2)C1=O. The van der Waals surface area contributed by atoms with Gasteiger partial charge in [-0.2, -0.15) is 0 Å². The Bertz CT molecular complexity index is 1120. The van der Waals surface area contributed by atoms with Gasteiger partial charge in [0.05, 0.1) is 5.69 Å². The van der Waals surface area contributed by atoms with E-state index in [1.54, 1.807) is 12.1 Å². The molecular weight excluding hydrogens is 392 g/mol. The van der Waals surface area contributed by atoms with Crippen molar-refractivity contribution in [1.82, 2.24) is 0 Å². The van der Waals surface area contributed by atoms with Crippen molar-refractivity contribution >= 4 is 35.0 Å². The molecule has 5 heteroatoms. The molecule has 0 saturated heterocycles. The fraction of sp³-hybridized carbons (Fsp3) is 0.120. The van der Waals surface area contributed by atoms with Gasteiger partial charge in [0.25, 0.3) is 11.8 Å². The lowest BCUT2D eigenvalue weighted by Gasteiger charge is -2.16. The molecule has 4 nitrogen and oxygen atoms in total. The third-order valence-corrected chi connectivity index (χ3v) is 6.05. The molecule has 4 rings (SSSR count). The molecule has 0 saturated carbocycles. The zero-order valence-electron chi connectivity index (χ0n) is 16.9. The van der Waals surface area contributed by atoms with Crippen LogP contribution in [0, 0.1) is 6.92 Å². The molecule has 1 aliphatic rings. The molecule has 0 atom stereocenters. The minimum Gasteiger partial charge on any atom is -0.350 e. The second kappa shape index (κ2) is 8.59. The molecule has 3 aromatic rings. The summed E-state index contributed by atoms with van der Waals surface area (Å²) in [5.41, 5.74) is 3.88. The van der Waals surface area contributed by atoms with Gasteiger partial charge in [-0.25, -0.2) is 4.90 Å². The fourth-order valence-corrected chi connectivity index (χ4v) is 4.28. The summed E-state index contributed by atoms with van der Waals surface area (Å²) < 4.78 is 0. The summed E-state index contributed by atoms with van der Waals surface area (Å²) in [6.07, 6.45) is 0.821. The summed E-state index contributed by atoms with van der Waals surface area (Å²) in [7, 11) is 0. The Kier molecular flexibility index (Phi) is 5.72. The number of rotatable bonds is 6. The van der Waals surface area contributed by atoms with E-state index >= 15 is 0 Å². The number of hydrogen-bond acceptors (Lipinski definition) is 4. The molecule has 30 heavy (non-hydrogen) atoms. The maximum atomic E-state index is 13.4. The van der Waals surface area contributed by atoms with E-state index in [1.807, 2.05) is 73.7 Å². The molecule has 2 amide bonds. The normalized spacial score (nSPS) is 13.9. The van der Waals surface area contributed by atoms with E-state index in [9.17, 15) is 9.59 Å². The number of imide groups is 1. The highest BCUT2D eigenvalue weighted by Gasteiger charge is 2.40. The molecule has 0 bridgehead atoms. The van der Waals surface area contributed by atoms with Crippen molar-refractivity contribution in [3.8, 4) is 0 Å². The van der Waals surface area contributed by atoms with Crippen LogP contribution in [0.25, 0.3) is 0 Å². The predicted molar refractivity (Wildman–Crippen MR) is 122 cm³/mol. The number of aryl methyl sites for hydroxylation is 2. The largest absolute Gasteiger partial charge is 0.350 e. The van der Waals surface area contributed by atoms with Gasteiger partial charge in [-0.05, 0) is 49.2 Å². The number of nitrogens with one attached hydrogen (secondary N) is 1. The van der Waals surface area contributed by atoms with Gasteiger partial charge in [-0.15, -0.1) is 0 Å². The summed E-state index contributed by atoms with van der Waals surface area (Å²) in [5.74, 6) is -0.651. The van der Waals surface area contributed by atoms with Gasteiger partial charge in [0, 0.05) is 10.6 Å². The van der Waals surface area contributed by atoms with Crippen molar-refractivity contribution < 1.29 is 9.59 Å². The zero-order valence-corrected chi connectivity index (χ0v) is 17.7. The van der Waals surface area contributed by atoms with Crippen LogP contribution in [0.3, 0.4) is 0 Å². The van der Waals surface area contributed by atoms with E-state index in [2.05, 4.69) is 12.2 Å². The molecule has 150 valence electrons. The highest BCUT2D eigenvalue weighted by molar-refractivity contribution is 8.04. The van der Waals surface area contributed by atoms with E-state index in [1.165, 1.54) is 16.7 Å². The van der Waals surface area contributed by atoms with Crippen molar-refractivity contribution in [2.75, 3.05) is 10.2 Å². The van der Waals surface area contributed by atoms with Gasteiger partial charge >= 0.3 is 0 Å². The minimum atomic E-state index is -0.340. The summed E-state index contributed by atoms with van der Waals surface area (Å²) >= 11 is 1.31. The van der Waals surface area contributed by atoms with Gasteiger partial charge < -0.3 is 5.32 Å². The van der Waals surface area contributed by atoms with Crippen LogP contribution in [0.4, 0.5) is 11.4 Å². The average Bonchev–Trinajstić information content (AvgIpc) is 2.99. The summed E-state index contributed by atoms with van der Waals surface area (Å²) in [4.78, 5) is 29.3. The number of carbonyl (C=O) groups is 2. The lowest BCUT2D eigenvalue weighted by molar-refractivity contribution is -0.120. The average molecular weight is 415 g/mol. The Morgan fingerprint density at radius 1 is 0.833 bits per heavy atom. The molecule has 1 N–H and O–H groups in total. The number of anilines is 2. The standard InChI is InChI=1S/C25H22N2O2S/c1-3-18-9-7-8-12-21(18)26-22-23(30-20-10-5-4-6-11-20)25(29)27(24(22)28)19-15-13-17(2)14-16-19/h4-16,26H,3H2,1-2H3. The van der Waals surface area contributed by atoms with Crippen molar-refractivity contribution in [1.29, 1.82) is 0 Å². The molecule has 3 aromatic carbocycles. The smallest absolute Gasteiger partial charge is 0.283 e. The second-order valence-corrected chi connectivity index (χ2v) is 8.12. The first kappa shape index (κ1) is 20.0. The number of carbonyl (C=O) groups excluding carboxylic acids is 2. The van der Waals surface area contributed by atoms with Crippen LogP contribution >= 0.6 is 11.8 Å². The first-order valence-electron chi connectivity index (χ1n) is 9.86. The van der Waals surface area contributed by atoms with Gasteiger partial charge in [-0.1, -0.05) is 72.8 Å². The quantitative estimate of drug-likeness (QED) is 0.538. The molecule has 0 spiro atoms. The van der Waals surface area contributed by atoms with Crippen LogP contribution in [-0.2, 0) is 16.0 Å². The number of hydrogen-bond donors (Lipinski definition) is 1. The summed E-state index contributed by atoms with van der Waals surface area (Å²) in [6, 6.07) is 24.9. The van der Waals surface area contributed by atoms with E-state index in [0.717, 1.165) is 28.1 Å². The Balaban J connectivity index is 1.76. The van der Waals surface area contributed by atoms with Crippen LogP contribution < -0.4 is 10.2 Å². The van der Waals surface area contributed by atoms with Crippen molar-refractivity contribution in [3.05, 3.63) is 101 Å². The van der Waals surface area contributed by atoms with E-state index in [4.69, 9.17) is 0 Å². The molecule has 0 unspecified atom stereocenters. The van der Waals surface area contributed by atoms with Crippen molar-refractivity contribution in [3.63, 3.8) is 0 Å². The monoisotopic (exact) mass is 414 g/mol.